The second-order valence-electron chi connectivity index (χ2n) is 3.64. The normalized spacial score (nSPS) is 9.88. The first kappa shape index (κ1) is 15.2. The maximum Gasteiger partial charge on any atom is 0.309 e. The third kappa shape index (κ3) is 8.07. The standard InChI is InChI=1S/C12H19NO4/c1-13(2)7-5-6-10(8-11(14)16-3)9-12(15)17-4/h5-7H,8-9H2,1-4H3/b7-5+. The van der Waals surface area contributed by atoms with Crippen LogP contribution in [0, 0.1) is 0 Å². The first-order valence-corrected chi connectivity index (χ1v) is 5.16. The van der Waals surface area contributed by atoms with Crippen LogP contribution in [0.5, 0.6) is 0 Å². The fourth-order valence-corrected chi connectivity index (χ4v) is 1.05. The summed E-state index contributed by atoms with van der Waals surface area (Å²) in [6, 6.07) is 0. The lowest BCUT2D eigenvalue weighted by molar-refractivity contribution is -0.140. The minimum Gasteiger partial charge on any atom is -0.469 e. The summed E-state index contributed by atoms with van der Waals surface area (Å²) in [5, 5.41) is 0. The van der Waals surface area contributed by atoms with Gasteiger partial charge in [0.2, 0.25) is 0 Å². The molecule has 0 aliphatic heterocycles. The maximum absolute atomic E-state index is 11.1. The molecule has 0 aromatic carbocycles. The van der Waals surface area contributed by atoms with Crippen LogP contribution in [-0.4, -0.2) is 45.2 Å². The molecule has 0 bridgehead atoms. The van der Waals surface area contributed by atoms with E-state index in [0.29, 0.717) is 5.57 Å². The van der Waals surface area contributed by atoms with Crippen LogP contribution >= 0.6 is 0 Å². The third-order valence-electron chi connectivity index (χ3n) is 1.91. The average Bonchev–Trinajstić information content (AvgIpc) is 2.27. The number of allylic oxidation sites excluding steroid dienone is 2. The van der Waals surface area contributed by atoms with Gasteiger partial charge in [0.1, 0.15) is 0 Å². The van der Waals surface area contributed by atoms with Gasteiger partial charge in [0.15, 0.2) is 0 Å². The van der Waals surface area contributed by atoms with Crippen molar-refractivity contribution in [1.82, 2.24) is 4.90 Å². The number of methoxy groups -OCH3 is 2. The minimum atomic E-state index is -0.376. The van der Waals surface area contributed by atoms with Gasteiger partial charge in [0.25, 0.3) is 0 Å². The monoisotopic (exact) mass is 241 g/mol. The van der Waals surface area contributed by atoms with Crippen LogP contribution in [0.1, 0.15) is 12.8 Å². The Balaban J connectivity index is 4.59. The molecule has 0 heterocycles. The van der Waals surface area contributed by atoms with E-state index in [0.717, 1.165) is 0 Å². The molecule has 17 heavy (non-hydrogen) atoms. The van der Waals surface area contributed by atoms with Crippen molar-refractivity contribution >= 4 is 11.9 Å². The molecule has 0 spiro atoms. The van der Waals surface area contributed by atoms with Crippen molar-refractivity contribution in [2.24, 2.45) is 0 Å². The summed E-state index contributed by atoms with van der Waals surface area (Å²) in [6.07, 6.45) is 5.47. The van der Waals surface area contributed by atoms with E-state index < -0.39 is 0 Å². The largest absolute Gasteiger partial charge is 0.469 e. The molecule has 5 heteroatoms. The van der Waals surface area contributed by atoms with Gasteiger partial charge in [0, 0.05) is 14.1 Å². The SMILES string of the molecule is COC(=O)CC(=C/C=C/N(C)C)CC(=O)OC. The fraction of sp³-hybridized carbons (Fsp3) is 0.500. The Morgan fingerprint density at radius 3 is 1.88 bits per heavy atom. The van der Waals surface area contributed by atoms with Crippen LogP contribution in [0.25, 0.3) is 0 Å². The summed E-state index contributed by atoms with van der Waals surface area (Å²) in [7, 11) is 6.39. The van der Waals surface area contributed by atoms with Gasteiger partial charge in [-0.25, -0.2) is 0 Å². The molecule has 0 rings (SSSR count). The van der Waals surface area contributed by atoms with Crippen LogP contribution < -0.4 is 0 Å². The highest BCUT2D eigenvalue weighted by Gasteiger charge is 2.10. The molecule has 5 nitrogen and oxygen atoms in total. The molecule has 0 aromatic rings. The molecule has 0 unspecified atom stereocenters. The van der Waals surface area contributed by atoms with E-state index in [-0.39, 0.29) is 24.8 Å². The summed E-state index contributed by atoms with van der Waals surface area (Å²) in [5.41, 5.74) is 0.654. The van der Waals surface area contributed by atoms with Crippen molar-refractivity contribution in [2.45, 2.75) is 12.8 Å². The minimum absolute atomic E-state index is 0.0867. The van der Waals surface area contributed by atoms with Gasteiger partial charge in [-0.15, -0.1) is 0 Å². The smallest absolute Gasteiger partial charge is 0.309 e. The van der Waals surface area contributed by atoms with Crippen LogP contribution in [0.2, 0.25) is 0 Å². The van der Waals surface area contributed by atoms with E-state index in [1.807, 2.05) is 25.2 Å². The van der Waals surface area contributed by atoms with E-state index in [9.17, 15) is 9.59 Å². The highest BCUT2D eigenvalue weighted by Crippen LogP contribution is 2.09. The lowest BCUT2D eigenvalue weighted by atomic mass is 10.1. The van der Waals surface area contributed by atoms with Gasteiger partial charge in [-0.1, -0.05) is 6.08 Å². The Hall–Kier alpha value is -1.78. The summed E-state index contributed by atoms with van der Waals surface area (Å²) in [6.45, 7) is 0. The molecule has 0 aliphatic rings. The van der Waals surface area contributed by atoms with Crippen LogP contribution in [0.15, 0.2) is 23.9 Å². The van der Waals surface area contributed by atoms with Crippen molar-refractivity contribution < 1.29 is 19.1 Å². The van der Waals surface area contributed by atoms with Crippen molar-refractivity contribution in [3.05, 3.63) is 23.9 Å². The zero-order valence-electron chi connectivity index (χ0n) is 10.7. The van der Waals surface area contributed by atoms with Crippen molar-refractivity contribution in [2.75, 3.05) is 28.3 Å². The highest BCUT2D eigenvalue weighted by molar-refractivity contribution is 5.77. The molecule has 0 N–H and O–H groups in total. The lowest BCUT2D eigenvalue weighted by Gasteiger charge is -2.05. The molecule has 0 saturated heterocycles. The van der Waals surface area contributed by atoms with E-state index in [4.69, 9.17) is 0 Å². The van der Waals surface area contributed by atoms with Crippen LogP contribution in [0.4, 0.5) is 0 Å². The average molecular weight is 241 g/mol. The first-order chi connectivity index (χ1) is 7.99. The van der Waals surface area contributed by atoms with Gasteiger partial charge in [-0.3, -0.25) is 9.59 Å². The number of nitrogens with zero attached hydrogens (tertiary/aromatic N) is 1. The first-order valence-electron chi connectivity index (χ1n) is 5.16. The Morgan fingerprint density at radius 1 is 1.06 bits per heavy atom. The molecular weight excluding hydrogens is 222 g/mol. The zero-order valence-corrected chi connectivity index (χ0v) is 10.7. The topological polar surface area (TPSA) is 55.8 Å². The number of hydrogen-bond donors (Lipinski definition) is 0. The van der Waals surface area contributed by atoms with Gasteiger partial charge in [-0.2, -0.15) is 0 Å². The summed E-state index contributed by atoms with van der Waals surface area (Å²) >= 11 is 0. The van der Waals surface area contributed by atoms with Crippen LogP contribution in [0.3, 0.4) is 0 Å². The molecule has 0 radical (unpaired) electrons. The Bertz CT molecular complexity index is 298. The third-order valence-corrected chi connectivity index (χ3v) is 1.91. The van der Waals surface area contributed by atoms with Crippen molar-refractivity contribution in [3.63, 3.8) is 0 Å². The van der Waals surface area contributed by atoms with Gasteiger partial charge >= 0.3 is 11.9 Å². The highest BCUT2D eigenvalue weighted by atomic mass is 16.5. The molecule has 0 aliphatic carbocycles. The second kappa shape index (κ2) is 8.38. The molecule has 0 saturated carbocycles. The predicted octanol–water partition coefficient (Wildman–Crippen LogP) is 1.11. The van der Waals surface area contributed by atoms with E-state index in [1.54, 1.807) is 12.2 Å². The van der Waals surface area contributed by atoms with Gasteiger partial charge in [0.05, 0.1) is 27.1 Å². The summed E-state index contributed by atoms with van der Waals surface area (Å²) in [5.74, 6) is -0.753. The van der Waals surface area contributed by atoms with Crippen LogP contribution in [-0.2, 0) is 19.1 Å². The Morgan fingerprint density at radius 2 is 1.53 bits per heavy atom. The molecule has 0 fully saturated rings. The van der Waals surface area contributed by atoms with E-state index in [2.05, 4.69) is 9.47 Å². The fourth-order valence-electron chi connectivity index (χ4n) is 1.05. The van der Waals surface area contributed by atoms with Gasteiger partial charge < -0.3 is 14.4 Å². The Kier molecular flexibility index (Phi) is 7.50. The van der Waals surface area contributed by atoms with Crippen molar-refractivity contribution in [1.29, 1.82) is 0 Å². The zero-order chi connectivity index (χ0) is 13.3. The maximum atomic E-state index is 11.1. The molecule has 0 atom stereocenters. The summed E-state index contributed by atoms with van der Waals surface area (Å²) in [4.78, 5) is 24.1. The summed E-state index contributed by atoms with van der Waals surface area (Å²) < 4.78 is 9.11. The number of rotatable bonds is 6. The number of esters is 2. The van der Waals surface area contributed by atoms with E-state index >= 15 is 0 Å². The lowest BCUT2D eigenvalue weighted by Crippen LogP contribution is -2.07. The number of ether oxygens (including phenoxy) is 2. The van der Waals surface area contributed by atoms with E-state index in [1.165, 1.54) is 14.2 Å². The number of carbonyl (C=O) groups excluding carboxylic acids is 2. The number of carbonyl (C=O) groups is 2. The number of hydrogen-bond acceptors (Lipinski definition) is 5. The quantitative estimate of drug-likeness (QED) is 0.515. The molecule has 96 valence electrons. The molecule has 0 amide bonds. The Labute approximate surface area is 102 Å². The molecular formula is C12H19NO4. The van der Waals surface area contributed by atoms with Crippen molar-refractivity contribution in [3.8, 4) is 0 Å². The molecule has 0 aromatic heterocycles. The predicted molar refractivity (Wildman–Crippen MR) is 64.2 cm³/mol. The van der Waals surface area contributed by atoms with Gasteiger partial charge in [-0.05, 0) is 17.8 Å². The second-order valence-corrected chi connectivity index (χ2v) is 3.64.